The Morgan fingerprint density at radius 1 is 1.23 bits per heavy atom. The number of aryl methyl sites for hydroxylation is 1. The van der Waals surface area contributed by atoms with Crippen LogP contribution in [0.5, 0.6) is 0 Å². The van der Waals surface area contributed by atoms with E-state index in [4.69, 9.17) is 0 Å². The average molecular weight is 420 g/mol. The molecule has 0 radical (unpaired) electrons. The third-order valence-electron chi connectivity index (χ3n) is 6.25. The summed E-state index contributed by atoms with van der Waals surface area (Å²) in [4.78, 5) is 22.8. The standard InChI is InChI=1S/C24H26FN5O/c1-29-14-17(19-12-18(25)6-7-22(19)29)15-30-10-8-16(9-11-30)24(31)26-13-23-27-20-4-2-3-5-21(20)28-23/h2-7,12,14,16H,8-11,13,15H2,1H3,(H,26,31)(H,27,28). The largest absolute Gasteiger partial charge is 0.350 e. The van der Waals surface area contributed by atoms with Gasteiger partial charge in [-0.2, -0.15) is 0 Å². The molecule has 0 spiro atoms. The Morgan fingerprint density at radius 3 is 2.84 bits per heavy atom. The zero-order chi connectivity index (χ0) is 21.4. The summed E-state index contributed by atoms with van der Waals surface area (Å²) < 4.78 is 15.8. The molecule has 0 unspecified atom stereocenters. The van der Waals surface area contributed by atoms with Crippen molar-refractivity contribution in [2.24, 2.45) is 13.0 Å². The van der Waals surface area contributed by atoms with E-state index < -0.39 is 0 Å². The molecule has 4 aromatic rings. The fraction of sp³-hybridized carbons (Fsp3) is 0.333. The number of aromatic amines is 1. The number of amides is 1. The lowest BCUT2D eigenvalue weighted by Gasteiger charge is -2.31. The van der Waals surface area contributed by atoms with Gasteiger partial charge in [0.05, 0.1) is 17.6 Å². The van der Waals surface area contributed by atoms with Gasteiger partial charge in [-0.05, 0) is 61.8 Å². The zero-order valence-corrected chi connectivity index (χ0v) is 17.6. The van der Waals surface area contributed by atoms with Gasteiger partial charge < -0.3 is 14.9 Å². The van der Waals surface area contributed by atoms with Gasteiger partial charge in [-0.15, -0.1) is 0 Å². The van der Waals surface area contributed by atoms with Crippen molar-refractivity contribution >= 4 is 27.8 Å². The summed E-state index contributed by atoms with van der Waals surface area (Å²) >= 11 is 0. The van der Waals surface area contributed by atoms with Gasteiger partial charge in [-0.25, -0.2) is 9.37 Å². The van der Waals surface area contributed by atoms with Crippen LogP contribution in [0.3, 0.4) is 0 Å². The second kappa shape index (κ2) is 8.15. The van der Waals surface area contributed by atoms with Gasteiger partial charge in [0.25, 0.3) is 0 Å². The minimum atomic E-state index is -0.209. The molecule has 0 bridgehead atoms. The van der Waals surface area contributed by atoms with Crippen LogP contribution in [0.25, 0.3) is 21.9 Å². The highest BCUT2D eigenvalue weighted by Crippen LogP contribution is 2.25. The van der Waals surface area contributed by atoms with Gasteiger partial charge in [-0.3, -0.25) is 9.69 Å². The van der Waals surface area contributed by atoms with Crippen molar-refractivity contribution < 1.29 is 9.18 Å². The van der Waals surface area contributed by atoms with E-state index in [-0.39, 0.29) is 17.6 Å². The summed E-state index contributed by atoms with van der Waals surface area (Å²) in [6.45, 7) is 2.90. The van der Waals surface area contributed by atoms with Gasteiger partial charge in [0, 0.05) is 36.6 Å². The summed E-state index contributed by atoms with van der Waals surface area (Å²) in [5, 5.41) is 4.00. The molecular weight excluding hydrogens is 393 g/mol. The molecule has 7 heteroatoms. The van der Waals surface area contributed by atoms with Crippen LogP contribution in [0.2, 0.25) is 0 Å². The minimum absolute atomic E-state index is 0.0191. The Bertz CT molecular complexity index is 1200. The van der Waals surface area contributed by atoms with E-state index >= 15 is 0 Å². The third kappa shape index (κ3) is 4.05. The van der Waals surface area contributed by atoms with Crippen LogP contribution in [-0.4, -0.2) is 38.4 Å². The summed E-state index contributed by atoms with van der Waals surface area (Å²) in [6.07, 6.45) is 3.73. The van der Waals surface area contributed by atoms with Gasteiger partial charge in [-0.1, -0.05) is 12.1 Å². The first-order valence-corrected chi connectivity index (χ1v) is 10.7. The number of benzene rings is 2. The second-order valence-electron chi connectivity index (χ2n) is 8.40. The van der Waals surface area contributed by atoms with E-state index in [0.717, 1.165) is 65.8 Å². The number of para-hydroxylation sites is 2. The lowest BCUT2D eigenvalue weighted by atomic mass is 9.95. The number of fused-ring (bicyclic) bond motifs is 2. The number of carbonyl (C=O) groups excluding carboxylic acids is 1. The van der Waals surface area contributed by atoms with Crippen molar-refractivity contribution in [3.8, 4) is 0 Å². The number of nitrogens with one attached hydrogen (secondary N) is 2. The fourth-order valence-electron chi connectivity index (χ4n) is 4.57. The molecule has 1 fully saturated rings. The molecule has 3 heterocycles. The number of carbonyl (C=O) groups is 1. The molecule has 1 saturated heterocycles. The van der Waals surface area contributed by atoms with Gasteiger partial charge in [0.15, 0.2) is 0 Å². The highest BCUT2D eigenvalue weighted by atomic mass is 19.1. The number of imidazole rings is 1. The Balaban J connectivity index is 1.16. The number of H-pyrrole nitrogens is 1. The van der Waals surface area contributed by atoms with E-state index in [9.17, 15) is 9.18 Å². The number of rotatable bonds is 5. The molecule has 1 amide bonds. The molecule has 1 aliphatic heterocycles. The first kappa shape index (κ1) is 19.8. The number of nitrogens with zero attached hydrogens (tertiary/aromatic N) is 3. The van der Waals surface area contributed by atoms with Crippen LogP contribution < -0.4 is 5.32 Å². The molecule has 2 aromatic heterocycles. The normalized spacial score (nSPS) is 15.7. The molecule has 2 N–H and O–H groups in total. The van der Waals surface area contributed by atoms with E-state index in [1.807, 2.05) is 41.9 Å². The van der Waals surface area contributed by atoms with Gasteiger partial charge >= 0.3 is 0 Å². The van der Waals surface area contributed by atoms with E-state index in [1.54, 1.807) is 6.07 Å². The smallest absolute Gasteiger partial charge is 0.223 e. The van der Waals surface area contributed by atoms with E-state index in [2.05, 4.69) is 26.4 Å². The quantitative estimate of drug-likeness (QED) is 0.518. The van der Waals surface area contributed by atoms with E-state index in [0.29, 0.717) is 6.54 Å². The highest BCUT2D eigenvalue weighted by molar-refractivity contribution is 5.84. The molecule has 5 rings (SSSR count). The van der Waals surface area contributed by atoms with Gasteiger partial charge in [0.1, 0.15) is 11.6 Å². The minimum Gasteiger partial charge on any atom is -0.350 e. The maximum atomic E-state index is 13.7. The molecule has 1 aliphatic rings. The Hall–Kier alpha value is -3.19. The Morgan fingerprint density at radius 2 is 2.03 bits per heavy atom. The van der Waals surface area contributed by atoms with Crippen molar-refractivity contribution in [2.75, 3.05) is 13.1 Å². The Labute approximate surface area is 180 Å². The van der Waals surface area contributed by atoms with Crippen LogP contribution in [-0.2, 0) is 24.9 Å². The van der Waals surface area contributed by atoms with Crippen molar-refractivity contribution in [1.82, 2.24) is 24.8 Å². The zero-order valence-electron chi connectivity index (χ0n) is 17.6. The number of halogens is 1. The highest BCUT2D eigenvalue weighted by Gasteiger charge is 2.25. The molecule has 31 heavy (non-hydrogen) atoms. The summed E-state index contributed by atoms with van der Waals surface area (Å²) in [7, 11) is 1.99. The SMILES string of the molecule is Cn1cc(CN2CCC(C(=O)NCc3nc4ccccc4[nH]3)CC2)c2cc(F)ccc21. The topological polar surface area (TPSA) is 66.0 Å². The second-order valence-corrected chi connectivity index (χ2v) is 8.40. The predicted octanol–water partition coefficient (Wildman–Crippen LogP) is 3.72. The third-order valence-corrected chi connectivity index (χ3v) is 6.25. The Kier molecular flexibility index (Phi) is 5.19. The first-order chi connectivity index (χ1) is 15.1. The maximum Gasteiger partial charge on any atom is 0.223 e. The van der Waals surface area contributed by atoms with Crippen molar-refractivity contribution in [2.45, 2.75) is 25.9 Å². The molecule has 160 valence electrons. The number of likely N-dealkylation sites (tertiary alicyclic amines) is 1. The average Bonchev–Trinajstić information content (AvgIpc) is 3.33. The van der Waals surface area contributed by atoms with Crippen molar-refractivity contribution in [1.29, 1.82) is 0 Å². The van der Waals surface area contributed by atoms with Crippen LogP contribution in [0, 0.1) is 11.7 Å². The van der Waals surface area contributed by atoms with Crippen molar-refractivity contribution in [3.63, 3.8) is 0 Å². The first-order valence-electron chi connectivity index (χ1n) is 10.7. The summed E-state index contributed by atoms with van der Waals surface area (Å²) in [5.74, 6) is 0.674. The molecule has 0 saturated carbocycles. The molecule has 0 atom stereocenters. The van der Waals surface area contributed by atoms with Crippen LogP contribution in [0.15, 0.2) is 48.7 Å². The van der Waals surface area contributed by atoms with Crippen LogP contribution >= 0.6 is 0 Å². The molecule has 0 aliphatic carbocycles. The molecule has 2 aromatic carbocycles. The fourth-order valence-corrected chi connectivity index (χ4v) is 4.57. The number of aromatic nitrogens is 3. The molecule has 6 nitrogen and oxygen atoms in total. The monoisotopic (exact) mass is 419 g/mol. The van der Waals surface area contributed by atoms with Crippen molar-refractivity contribution in [3.05, 3.63) is 65.9 Å². The molecular formula is C24H26FN5O. The summed E-state index contributed by atoms with van der Waals surface area (Å²) in [5.41, 5.74) is 4.06. The lowest BCUT2D eigenvalue weighted by molar-refractivity contribution is -0.126. The lowest BCUT2D eigenvalue weighted by Crippen LogP contribution is -2.40. The van der Waals surface area contributed by atoms with Gasteiger partial charge in [0.2, 0.25) is 5.91 Å². The predicted molar refractivity (Wildman–Crippen MR) is 119 cm³/mol. The maximum absolute atomic E-state index is 13.7. The number of hydrogen-bond acceptors (Lipinski definition) is 3. The van der Waals surface area contributed by atoms with Crippen LogP contribution in [0.4, 0.5) is 4.39 Å². The summed E-state index contributed by atoms with van der Waals surface area (Å²) in [6, 6.07) is 12.8. The van der Waals surface area contributed by atoms with Crippen LogP contribution in [0.1, 0.15) is 24.2 Å². The van der Waals surface area contributed by atoms with E-state index in [1.165, 1.54) is 6.07 Å². The number of piperidine rings is 1. The number of hydrogen-bond donors (Lipinski definition) is 2.